The number of nitrogens with two attached hydrogens (primary N) is 2. The lowest BCUT2D eigenvalue weighted by molar-refractivity contribution is 0.214. The Hall–Kier alpha value is -2.97. The van der Waals surface area contributed by atoms with Gasteiger partial charge in [-0.15, -0.1) is 0 Å². The maximum absolute atomic E-state index is 9.00. The van der Waals surface area contributed by atoms with Gasteiger partial charge in [0.05, 0.1) is 5.70 Å². The second kappa shape index (κ2) is 6.42. The molecule has 5 nitrogen and oxygen atoms in total. The summed E-state index contributed by atoms with van der Waals surface area (Å²) < 4.78 is 6.08. The third kappa shape index (κ3) is 3.12. The maximum atomic E-state index is 9.00. The van der Waals surface area contributed by atoms with E-state index in [1.54, 1.807) is 0 Å². The van der Waals surface area contributed by atoms with Crippen LogP contribution in [-0.4, -0.2) is 6.10 Å². The van der Waals surface area contributed by atoms with Crippen molar-refractivity contribution in [2.45, 2.75) is 18.9 Å². The van der Waals surface area contributed by atoms with Crippen LogP contribution < -0.4 is 21.7 Å². The molecule has 0 atom stereocenters. The Bertz CT molecular complexity index is 767. The quantitative estimate of drug-likeness (QED) is 0.455. The molecule has 5 heteroatoms. The van der Waals surface area contributed by atoms with E-state index >= 15 is 0 Å². The number of benzene rings is 2. The fourth-order valence-corrected chi connectivity index (χ4v) is 2.85. The number of nitrogens with one attached hydrogen (secondary N) is 1. The Labute approximate surface area is 135 Å². The van der Waals surface area contributed by atoms with Gasteiger partial charge in [0.15, 0.2) is 5.70 Å². The van der Waals surface area contributed by atoms with Crippen molar-refractivity contribution < 1.29 is 4.74 Å². The van der Waals surface area contributed by atoms with Crippen LogP contribution in [0.4, 0.5) is 0 Å². The summed E-state index contributed by atoms with van der Waals surface area (Å²) in [5.74, 6) is 6.03. The highest BCUT2D eigenvalue weighted by atomic mass is 16.5. The summed E-state index contributed by atoms with van der Waals surface area (Å²) in [4.78, 5) is 0. The maximum Gasteiger partial charge on any atom is 0.151 e. The van der Waals surface area contributed by atoms with Gasteiger partial charge in [0.1, 0.15) is 17.9 Å². The minimum absolute atomic E-state index is 0.121. The van der Waals surface area contributed by atoms with Crippen LogP contribution in [0.1, 0.15) is 16.7 Å². The Morgan fingerprint density at radius 2 is 1.83 bits per heavy atom. The molecular weight excluding hydrogens is 288 g/mol. The second-order valence-electron chi connectivity index (χ2n) is 5.49. The summed E-state index contributed by atoms with van der Waals surface area (Å²) in [5, 5.41) is 9.00. The molecule has 0 heterocycles. The highest BCUT2D eigenvalue weighted by Crippen LogP contribution is 2.27. The third-order valence-corrected chi connectivity index (χ3v) is 3.99. The number of hydrogen-bond acceptors (Lipinski definition) is 5. The molecule has 0 spiro atoms. The molecule has 0 saturated heterocycles. The first-order valence-electron chi connectivity index (χ1n) is 7.41. The summed E-state index contributed by atoms with van der Waals surface area (Å²) >= 11 is 0. The van der Waals surface area contributed by atoms with Crippen molar-refractivity contribution in [2.75, 3.05) is 0 Å². The fourth-order valence-electron chi connectivity index (χ4n) is 2.85. The largest absolute Gasteiger partial charge is 0.490 e. The van der Waals surface area contributed by atoms with E-state index in [9.17, 15) is 0 Å². The van der Waals surface area contributed by atoms with E-state index in [1.807, 2.05) is 30.3 Å². The molecule has 2 aromatic carbocycles. The number of hydrogen-bond donors (Lipinski definition) is 3. The molecule has 0 radical (unpaired) electrons. The van der Waals surface area contributed by atoms with Crippen molar-refractivity contribution in [2.24, 2.45) is 11.6 Å². The van der Waals surface area contributed by atoms with Crippen LogP contribution in [0.5, 0.6) is 5.75 Å². The highest BCUT2D eigenvalue weighted by Gasteiger charge is 2.22. The average Bonchev–Trinajstić information content (AvgIpc) is 2.98. The van der Waals surface area contributed by atoms with Gasteiger partial charge >= 0.3 is 0 Å². The van der Waals surface area contributed by atoms with Crippen molar-refractivity contribution in [3.8, 4) is 11.8 Å². The predicted octanol–water partition coefficient (Wildman–Crippen LogP) is 1.85. The Morgan fingerprint density at radius 1 is 1.13 bits per heavy atom. The topological polar surface area (TPSA) is 97.1 Å². The summed E-state index contributed by atoms with van der Waals surface area (Å²) in [6, 6.07) is 17.7. The summed E-state index contributed by atoms with van der Waals surface area (Å²) in [7, 11) is 0. The first kappa shape index (κ1) is 14.9. The van der Waals surface area contributed by atoms with Gasteiger partial charge in [0, 0.05) is 18.4 Å². The van der Waals surface area contributed by atoms with Gasteiger partial charge in [-0.25, -0.2) is 5.84 Å². The molecule has 23 heavy (non-hydrogen) atoms. The van der Waals surface area contributed by atoms with Crippen LogP contribution in [0.25, 0.3) is 5.70 Å². The zero-order chi connectivity index (χ0) is 16.2. The summed E-state index contributed by atoms with van der Waals surface area (Å²) in [5.41, 5.74) is 12.1. The van der Waals surface area contributed by atoms with E-state index in [-0.39, 0.29) is 11.8 Å². The van der Waals surface area contributed by atoms with Crippen molar-refractivity contribution >= 4 is 5.70 Å². The standard InChI is InChI=1S/C18H18N4O/c19-11-17(22-21)18(20)14-6-3-7-15(10-14)23-16-8-12-4-1-2-5-13(12)9-16/h1-7,10,16,22H,8-9,20-21H2/b18-17-. The van der Waals surface area contributed by atoms with E-state index in [0.717, 1.165) is 18.6 Å². The lowest BCUT2D eigenvalue weighted by Gasteiger charge is -2.14. The number of nitriles is 1. The van der Waals surface area contributed by atoms with Crippen LogP contribution in [0.3, 0.4) is 0 Å². The van der Waals surface area contributed by atoms with Crippen LogP contribution >= 0.6 is 0 Å². The lowest BCUT2D eigenvalue weighted by Crippen LogP contribution is -2.23. The summed E-state index contributed by atoms with van der Waals surface area (Å²) in [6.45, 7) is 0. The molecule has 0 amide bonds. The van der Waals surface area contributed by atoms with Gasteiger partial charge < -0.3 is 15.9 Å². The van der Waals surface area contributed by atoms with Crippen molar-refractivity contribution in [3.05, 3.63) is 70.9 Å². The number of fused-ring (bicyclic) bond motifs is 1. The second-order valence-corrected chi connectivity index (χ2v) is 5.49. The molecule has 0 aliphatic heterocycles. The monoisotopic (exact) mass is 306 g/mol. The molecule has 0 fully saturated rings. The van der Waals surface area contributed by atoms with Gasteiger partial charge in [-0.2, -0.15) is 5.26 Å². The van der Waals surface area contributed by atoms with Crippen molar-refractivity contribution in [1.29, 1.82) is 5.26 Å². The Kier molecular flexibility index (Phi) is 4.18. The van der Waals surface area contributed by atoms with Crippen molar-refractivity contribution in [1.82, 2.24) is 5.43 Å². The minimum atomic E-state index is 0.121. The number of hydrazine groups is 1. The van der Waals surface area contributed by atoms with Crippen LogP contribution in [0.15, 0.2) is 54.2 Å². The Balaban J connectivity index is 1.77. The highest BCUT2D eigenvalue weighted by molar-refractivity contribution is 5.69. The fraction of sp³-hybridized carbons (Fsp3) is 0.167. The van der Waals surface area contributed by atoms with Gasteiger partial charge in [-0.3, -0.25) is 0 Å². The van der Waals surface area contributed by atoms with Gasteiger partial charge in [0.25, 0.3) is 0 Å². The molecule has 3 rings (SSSR count). The number of allylic oxidation sites excluding steroid dienone is 1. The van der Waals surface area contributed by atoms with Crippen LogP contribution in [0, 0.1) is 11.3 Å². The normalized spacial score (nSPS) is 14.6. The number of rotatable bonds is 4. The molecule has 1 aliphatic carbocycles. The van der Waals surface area contributed by atoms with E-state index in [4.69, 9.17) is 21.6 Å². The molecule has 0 aromatic heterocycles. The average molecular weight is 306 g/mol. The first-order chi connectivity index (χ1) is 11.2. The van der Waals surface area contributed by atoms with E-state index in [0.29, 0.717) is 11.3 Å². The zero-order valence-electron chi connectivity index (χ0n) is 12.6. The van der Waals surface area contributed by atoms with Crippen molar-refractivity contribution in [3.63, 3.8) is 0 Å². The number of ether oxygens (including phenoxy) is 1. The van der Waals surface area contributed by atoms with E-state index in [2.05, 4.69) is 29.7 Å². The van der Waals surface area contributed by atoms with Crippen LogP contribution in [0.2, 0.25) is 0 Å². The summed E-state index contributed by atoms with van der Waals surface area (Å²) in [6.07, 6.45) is 1.93. The Morgan fingerprint density at radius 3 is 2.43 bits per heavy atom. The molecule has 0 saturated carbocycles. The van der Waals surface area contributed by atoms with Gasteiger partial charge in [0.2, 0.25) is 0 Å². The molecule has 2 aromatic rings. The van der Waals surface area contributed by atoms with E-state index < -0.39 is 0 Å². The molecule has 5 N–H and O–H groups in total. The molecular formula is C18H18N4O. The lowest BCUT2D eigenvalue weighted by atomic mass is 10.1. The molecule has 1 aliphatic rings. The molecule has 0 bridgehead atoms. The SMILES string of the molecule is N#C/C(NN)=C(/N)c1cccc(OC2Cc3ccccc3C2)c1. The van der Waals surface area contributed by atoms with Gasteiger partial charge in [-0.05, 0) is 23.3 Å². The zero-order valence-corrected chi connectivity index (χ0v) is 12.6. The smallest absolute Gasteiger partial charge is 0.151 e. The molecule has 0 unspecified atom stereocenters. The molecule has 116 valence electrons. The van der Waals surface area contributed by atoms with E-state index in [1.165, 1.54) is 11.1 Å². The minimum Gasteiger partial charge on any atom is -0.490 e. The predicted molar refractivity (Wildman–Crippen MR) is 88.8 cm³/mol. The first-order valence-corrected chi connectivity index (χ1v) is 7.41. The van der Waals surface area contributed by atoms with Crippen LogP contribution in [-0.2, 0) is 12.8 Å². The van der Waals surface area contributed by atoms with Gasteiger partial charge in [-0.1, -0.05) is 36.4 Å². The third-order valence-electron chi connectivity index (χ3n) is 3.99. The number of nitrogens with zero attached hydrogens (tertiary/aromatic N) is 1.